The third-order valence-corrected chi connectivity index (χ3v) is 7.22. The maximum absolute atomic E-state index is 13.4. The van der Waals surface area contributed by atoms with Crippen molar-refractivity contribution in [2.75, 3.05) is 4.31 Å². The molecule has 0 aromatic heterocycles. The summed E-state index contributed by atoms with van der Waals surface area (Å²) in [6, 6.07) is 25.0. The number of hydrogen-bond donors (Lipinski definition) is 0. The summed E-state index contributed by atoms with van der Waals surface area (Å²) in [6.45, 7) is 4.05. The molecule has 138 valence electrons. The Labute approximate surface area is 161 Å². The summed E-state index contributed by atoms with van der Waals surface area (Å²) in [5.74, 6) is 0.193. The van der Waals surface area contributed by atoms with E-state index >= 15 is 0 Å². The Morgan fingerprint density at radius 1 is 0.889 bits per heavy atom. The van der Waals surface area contributed by atoms with Gasteiger partial charge in [0.15, 0.2) is 0 Å². The van der Waals surface area contributed by atoms with Gasteiger partial charge in [-0.1, -0.05) is 66.2 Å². The zero-order chi connectivity index (χ0) is 19.0. The van der Waals surface area contributed by atoms with E-state index in [1.54, 1.807) is 28.6 Å². The van der Waals surface area contributed by atoms with Crippen molar-refractivity contribution in [2.45, 2.75) is 37.1 Å². The van der Waals surface area contributed by atoms with Crippen LogP contribution in [0.4, 0.5) is 5.69 Å². The van der Waals surface area contributed by atoms with Gasteiger partial charge >= 0.3 is 0 Å². The predicted octanol–water partition coefficient (Wildman–Crippen LogP) is 5.11. The van der Waals surface area contributed by atoms with Gasteiger partial charge in [0.1, 0.15) is 0 Å². The predicted molar refractivity (Wildman–Crippen MR) is 110 cm³/mol. The number of rotatable bonds is 3. The molecule has 4 rings (SSSR count). The fourth-order valence-corrected chi connectivity index (χ4v) is 5.74. The highest BCUT2D eigenvalue weighted by molar-refractivity contribution is 7.92. The molecule has 1 aliphatic heterocycles. The quantitative estimate of drug-likeness (QED) is 0.636. The van der Waals surface area contributed by atoms with E-state index < -0.39 is 10.0 Å². The van der Waals surface area contributed by atoms with Crippen LogP contribution in [0.2, 0.25) is 0 Å². The zero-order valence-corrected chi connectivity index (χ0v) is 16.4. The molecule has 0 unspecified atom stereocenters. The Hall–Kier alpha value is -2.59. The third-order valence-electron chi connectivity index (χ3n) is 5.27. The van der Waals surface area contributed by atoms with Crippen LogP contribution in [0.15, 0.2) is 83.8 Å². The lowest BCUT2D eigenvalue weighted by molar-refractivity contribution is 0.543. The van der Waals surface area contributed by atoms with Crippen molar-refractivity contribution in [3.05, 3.63) is 95.6 Å². The zero-order valence-electron chi connectivity index (χ0n) is 15.5. The van der Waals surface area contributed by atoms with Crippen molar-refractivity contribution in [3.8, 4) is 0 Å². The highest BCUT2D eigenvalue weighted by Crippen LogP contribution is 2.44. The Bertz CT molecular complexity index is 1050. The molecular formula is C23H23NO2S. The first-order valence-corrected chi connectivity index (χ1v) is 10.7. The molecule has 0 aliphatic carbocycles. The standard InChI is InChI=1S/C23H23NO2S/c1-17-13-14-23-22(15-17)21(19-9-5-3-6-10-19)16-18(2)24(23)27(25,26)20-11-7-4-8-12-20/h3-15,18,21H,16H2,1-2H3/t18-,21-/m0/s1. The molecule has 0 amide bonds. The molecule has 0 bridgehead atoms. The van der Waals surface area contributed by atoms with Gasteiger partial charge in [-0.3, -0.25) is 4.31 Å². The number of anilines is 1. The van der Waals surface area contributed by atoms with Crippen LogP contribution in [-0.2, 0) is 10.0 Å². The van der Waals surface area contributed by atoms with Crippen molar-refractivity contribution >= 4 is 15.7 Å². The minimum Gasteiger partial charge on any atom is -0.263 e. The summed E-state index contributed by atoms with van der Waals surface area (Å²) >= 11 is 0. The second-order valence-electron chi connectivity index (χ2n) is 7.22. The van der Waals surface area contributed by atoms with Crippen molar-refractivity contribution < 1.29 is 8.42 Å². The minimum absolute atomic E-state index is 0.129. The normalized spacial score (nSPS) is 19.6. The van der Waals surface area contributed by atoms with Crippen LogP contribution in [0.1, 0.15) is 36.0 Å². The van der Waals surface area contributed by atoms with Gasteiger partial charge in [-0.2, -0.15) is 0 Å². The maximum Gasteiger partial charge on any atom is 0.264 e. The highest BCUT2D eigenvalue weighted by atomic mass is 32.2. The van der Waals surface area contributed by atoms with Crippen LogP contribution in [0.3, 0.4) is 0 Å². The van der Waals surface area contributed by atoms with E-state index in [2.05, 4.69) is 25.1 Å². The lowest BCUT2D eigenvalue weighted by Gasteiger charge is -2.40. The smallest absolute Gasteiger partial charge is 0.263 e. The fourth-order valence-electron chi connectivity index (χ4n) is 4.03. The van der Waals surface area contributed by atoms with E-state index in [0.29, 0.717) is 4.90 Å². The van der Waals surface area contributed by atoms with Crippen molar-refractivity contribution in [3.63, 3.8) is 0 Å². The molecule has 27 heavy (non-hydrogen) atoms. The van der Waals surface area contributed by atoms with E-state index in [4.69, 9.17) is 0 Å². The SMILES string of the molecule is Cc1ccc2c(c1)[C@H](c1ccccc1)C[C@H](C)N2S(=O)(=O)c1ccccc1. The Morgan fingerprint density at radius 2 is 1.52 bits per heavy atom. The second kappa shape index (κ2) is 6.86. The van der Waals surface area contributed by atoms with Gasteiger partial charge in [-0.05, 0) is 49.6 Å². The first-order chi connectivity index (χ1) is 13.0. The molecule has 0 fully saturated rings. The number of aryl methyl sites for hydroxylation is 1. The van der Waals surface area contributed by atoms with Crippen LogP contribution in [-0.4, -0.2) is 14.5 Å². The maximum atomic E-state index is 13.4. The largest absolute Gasteiger partial charge is 0.264 e. The number of benzene rings is 3. The van der Waals surface area contributed by atoms with Gasteiger partial charge in [0.2, 0.25) is 0 Å². The molecule has 1 aliphatic rings. The number of hydrogen-bond acceptors (Lipinski definition) is 2. The molecule has 0 saturated heterocycles. The molecule has 1 heterocycles. The topological polar surface area (TPSA) is 37.4 Å². The van der Waals surface area contributed by atoms with Crippen molar-refractivity contribution in [1.29, 1.82) is 0 Å². The first kappa shape index (κ1) is 17.8. The molecule has 3 nitrogen and oxygen atoms in total. The molecule has 4 heteroatoms. The van der Waals surface area contributed by atoms with E-state index in [0.717, 1.165) is 23.2 Å². The summed E-state index contributed by atoms with van der Waals surface area (Å²) in [4.78, 5) is 0.335. The Morgan fingerprint density at radius 3 is 2.19 bits per heavy atom. The van der Waals surface area contributed by atoms with E-state index in [1.165, 1.54) is 5.56 Å². The van der Waals surface area contributed by atoms with E-state index in [1.807, 2.05) is 43.3 Å². The highest BCUT2D eigenvalue weighted by Gasteiger charge is 2.38. The molecule has 0 spiro atoms. The van der Waals surface area contributed by atoms with Gasteiger partial charge in [-0.25, -0.2) is 8.42 Å². The van der Waals surface area contributed by atoms with Crippen LogP contribution in [0.5, 0.6) is 0 Å². The molecule has 0 saturated carbocycles. The summed E-state index contributed by atoms with van der Waals surface area (Å²) < 4.78 is 28.4. The average molecular weight is 378 g/mol. The molecular weight excluding hydrogens is 354 g/mol. The number of fused-ring (bicyclic) bond motifs is 1. The van der Waals surface area contributed by atoms with Gasteiger partial charge in [0, 0.05) is 12.0 Å². The summed E-state index contributed by atoms with van der Waals surface area (Å²) in [5.41, 5.74) is 4.24. The van der Waals surface area contributed by atoms with Crippen LogP contribution in [0.25, 0.3) is 0 Å². The average Bonchev–Trinajstić information content (AvgIpc) is 2.69. The van der Waals surface area contributed by atoms with Crippen molar-refractivity contribution in [2.24, 2.45) is 0 Å². The third kappa shape index (κ3) is 3.15. The molecule has 3 aromatic rings. The van der Waals surface area contributed by atoms with E-state index in [9.17, 15) is 8.42 Å². The number of nitrogens with zero attached hydrogens (tertiary/aromatic N) is 1. The summed E-state index contributed by atoms with van der Waals surface area (Å²) in [6.07, 6.45) is 0.756. The lowest BCUT2D eigenvalue weighted by Crippen LogP contribution is -2.43. The van der Waals surface area contributed by atoms with Crippen molar-refractivity contribution in [1.82, 2.24) is 0 Å². The van der Waals surface area contributed by atoms with Crippen LogP contribution in [0, 0.1) is 6.92 Å². The van der Waals surface area contributed by atoms with Gasteiger partial charge < -0.3 is 0 Å². The monoisotopic (exact) mass is 377 g/mol. The fraction of sp³-hybridized carbons (Fsp3) is 0.217. The first-order valence-electron chi connectivity index (χ1n) is 9.23. The molecule has 2 atom stereocenters. The van der Waals surface area contributed by atoms with Gasteiger partial charge in [-0.15, -0.1) is 0 Å². The second-order valence-corrected chi connectivity index (χ2v) is 9.04. The Balaban J connectivity index is 1.88. The van der Waals surface area contributed by atoms with Crippen LogP contribution >= 0.6 is 0 Å². The van der Waals surface area contributed by atoms with E-state index in [-0.39, 0.29) is 12.0 Å². The molecule has 0 radical (unpaired) electrons. The molecule has 3 aromatic carbocycles. The number of sulfonamides is 1. The lowest BCUT2D eigenvalue weighted by atomic mass is 9.82. The van der Waals surface area contributed by atoms with Gasteiger partial charge in [0.05, 0.1) is 10.6 Å². The Kier molecular flexibility index (Phi) is 4.52. The van der Waals surface area contributed by atoms with Gasteiger partial charge in [0.25, 0.3) is 10.0 Å². The minimum atomic E-state index is -3.61. The summed E-state index contributed by atoms with van der Waals surface area (Å²) in [7, 11) is -3.61. The van der Waals surface area contributed by atoms with Crippen LogP contribution < -0.4 is 4.31 Å². The molecule has 0 N–H and O–H groups in total. The summed E-state index contributed by atoms with van der Waals surface area (Å²) in [5, 5.41) is 0.